The molecule has 1 aromatic rings. The zero-order chi connectivity index (χ0) is 15.6. The summed E-state index contributed by atoms with van der Waals surface area (Å²) in [6.45, 7) is 4.53. The molecule has 0 fully saturated rings. The number of aliphatic hydroxyl groups excluding tert-OH is 1. The third-order valence-electron chi connectivity index (χ3n) is 3.41. The van der Waals surface area contributed by atoms with Crippen LogP contribution in [0.4, 0.5) is 0 Å². The van der Waals surface area contributed by atoms with Gasteiger partial charge in [0.2, 0.25) is 11.8 Å². The summed E-state index contributed by atoms with van der Waals surface area (Å²) in [4.78, 5) is 29.6. The van der Waals surface area contributed by atoms with Crippen LogP contribution in [0.15, 0.2) is 6.07 Å². The van der Waals surface area contributed by atoms with Crippen LogP contribution in [0.2, 0.25) is 0 Å². The fourth-order valence-electron chi connectivity index (χ4n) is 2.19. The maximum absolute atomic E-state index is 12.1. The van der Waals surface area contributed by atoms with Crippen molar-refractivity contribution >= 4 is 11.8 Å². The van der Waals surface area contributed by atoms with Crippen molar-refractivity contribution in [2.24, 2.45) is 0 Å². The SMILES string of the molecule is CCN1Cc2nc(OC)c(CNC(=O)[C@@H](C)O)cc2C1=O. The van der Waals surface area contributed by atoms with Crippen molar-refractivity contribution < 1.29 is 19.4 Å². The molecule has 2 amide bonds. The summed E-state index contributed by atoms with van der Waals surface area (Å²) in [7, 11) is 1.49. The molecule has 7 nitrogen and oxygen atoms in total. The number of rotatable bonds is 5. The highest BCUT2D eigenvalue weighted by molar-refractivity contribution is 5.98. The Morgan fingerprint density at radius 2 is 2.33 bits per heavy atom. The molecule has 7 heteroatoms. The first-order valence-electron chi connectivity index (χ1n) is 6.79. The summed E-state index contributed by atoms with van der Waals surface area (Å²) < 4.78 is 5.21. The number of carbonyl (C=O) groups is 2. The highest BCUT2D eigenvalue weighted by Crippen LogP contribution is 2.26. The topological polar surface area (TPSA) is 91.8 Å². The summed E-state index contributed by atoms with van der Waals surface area (Å²) in [5.74, 6) is -0.171. The molecule has 1 atom stereocenters. The molecule has 0 saturated heterocycles. The Kier molecular flexibility index (Phi) is 4.42. The number of carbonyl (C=O) groups excluding carboxylic acids is 2. The zero-order valence-corrected chi connectivity index (χ0v) is 12.3. The van der Waals surface area contributed by atoms with E-state index < -0.39 is 12.0 Å². The fourth-order valence-corrected chi connectivity index (χ4v) is 2.19. The molecule has 1 aliphatic rings. The van der Waals surface area contributed by atoms with Crippen LogP contribution in [0.5, 0.6) is 5.88 Å². The van der Waals surface area contributed by atoms with E-state index in [1.54, 1.807) is 11.0 Å². The number of nitrogens with zero attached hydrogens (tertiary/aromatic N) is 2. The van der Waals surface area contributed by atoms with Gasteiger partial charge in [-0.15, -0.1) is 0 Å². The molecule has 0 spiro atoms. The third kappa shape index (κ3) is 2.97. The molecule has 0 aliphatic carbocycles. The van der Waals surface area contributed by atoms with E-state index in [4.69, 9.17) is 9.84 Å². The van der Waals surface area contributed by atoms with Gasteiger partial charge < -0.3 is 20.1 Å². The number of hydrogen-bond acceptors (Lipinski definition) is 5. The lowest BCUT2D eigenvalue weighted by atomic mass is 10.1. The highest BCUT2D eigenvalue weighted by atomic mass is 16.5. The molecule has 114 valence electrons. The molecule has 0 unspecified atom stereocenters. The van der Waals surface area contributed by atoms with Crippen molar-refractivity contribution in [3.8, 4) is 5.88 Å². The zero-order valence-electron chi connectivity index (χ0n) is 12.3. The normalized spacial score (nSPS) is 14.9. The number of methoxy groups -OCH3 is 1. The summed E-state index contributed by atoms with van der Waals surface area (Å²) >= 11 is 0. The molecule has 2 heterocycles. The van der Waals surface area contributed by atoms with Gasteiger partial charge in [-0.25, -0.2) is 4.98 Å². The van der Waals surface area contributed by atoms with Crippen LogP contribution in [0, 0.1) is 0 Å². The second-order valence-corrected chi connectivity index (χ2v) is 4.86. The maximum Gasteiger partial charge on any atom is 0.256 e. The number of aliphatic hydroxyl groups is 1. The molecule has 0 saturated carbocycles. The Morgan fingerprint density at radius 1 is 1.62 bits per heavy atom. The second-order valence-electron chi connectivity index (χ2n) is 4.86. The van der Waals surface area contributed by atoms with Gasteiger partial charge in [-0.1, -0.05) is 0 Å². The Balaban J connectivity index is 2.25. The smallest absolute Gasteiger partial charge is 0.256 e. The number of amides is 2. The third-order valence-corrected chi connectivity index (χ3v) is 3.41. The van der Waals surface area contributed by atoms with E-state index in [1.807, 2.05) is 6.92 Å². The quantitative estimate of drug-likeness (QED) is 0.801. The van der Waals surface area contributed by atoms with Gasteiger partial charge >= 0.3 is 0 Å². The first-order valence-corrected chi connectivity index (χ1v) is 6.79. The molecule has 2 rings (SSSR count). The minimum absolute atomic E-state index is 0.0641. The van der Waals surface area contributed by atoms with E-state index in [9.17, 15) is 9.59 Å². The monoisotopic (exact) mass is 293 g/mol. The minimum atomic E-state index is -1.09. The molecule has 0 radical (unpaired) electrons. The van der Waals surface area contributed by atoms with Crippen molar-refractivity contribution in [1.82, 2.24) is 15.2 Å². The van der Waals surface area contributed by atoms with E-state index in [2.05, 4.69) is 10.3 Å². The predicted octanol–water partition coefficient (Wildman–Crippen LogP) is 0.0629. The van der Waals surface area contributed by atoms with Crippen LogP contribution in [0.3, 0.4) is 0 Å². The summed E-state index contributed by atoms with van der Waals surface area (Å²) in [6.07, 6.45) is -1.09. The highest BCUT2D eigenvalue weighted by Gasteiger charge is 2.29. The summed E-state index contributed by atoms with van der Waals surface area (Å²) in [6, 6.07) is 1.70. The van der Waals surface area contributed by atoms with E-state index in [1.165, 1.54) is 14.0 Å². The largest absolute Gasteiger partial charge is 0.481 e. The number of ether oxygens (including phenoxy) is 1. The first-order chi connectivity index (χ1) is 9.97. The summed E-state index contributed by atoms with van der Waals surface area (Å²) in [5, 5.41) is 11.7. The Morgan fingerprint density at radius 3 is 2.90 bits per heavy atom. The Bertz CT molecular complexity index is 572. The van der Waals surface area contributed by atoms with Gasteiger partial charge in [-0.3, -0.25) is 9.59 Å². The minimum Gasteiger partial charge on any atom is -0.481 e. The van der Waals surface area contributed by atoms with Gasteiger partial charge in [0.25, 0.3) is 5.91 Å². The molecule has 0 aromatic carbocycles. The van der Waals surface area contributed by atoms with Gasteiger partial charge in [0.1, 0.15) is 6.10 Å². The van der Waals surface area contributed by atoms with Gasteiger partial charge in [0.15, 0.2) is 0 Å². The average Bonchev–Trinajstić information content (AvgIpc) is 2.79. The molecule has 21 heavy (non-hydrogen) atoms. The average molecular weight is 293 g/mol. The van der Waals surface area contributed by atoms with Gasteiger partial charge in [-0.2, -0.15) is 0 Å². The van der Waals surface area contributed by atoms with Crippen molar-refractivity contribution in [2.45, 2.75) is 33.0 Å². The van der Waals surface area contributed by atoms with Crippen molar-refractivity contribution in [2.75, 3.05) is 13.7 Å². The maximum atomic E-state index is 12.1. The predicted molar refractivity (Wildman–Crippen MR) is 74.7 cm³/mol. The van der Waals surface area contributed by atoms with Crippen LogP contribution < -0.4 is 10.1 Å². The van der Waals surface area contributed by atoms with Gasteiger partial charge in [-0.05, 0) is 19.9 Å². The number of nitrogens with one attached hydrogen (secondary N) is 1. The standard InChI is InChI=1S/C14H19N3O4/c1-4-17-7-11-10(14(17)20)5-9(13(16-11)21-3)6-15-12(19)8(2)18/h5,8,18H,4,6-7H2,1-3H3,(H,15,19)/t8-/m1/s1. The lowest BCUT2D eigenvalue weighted by Gasteiger charge is -2.11. The molecular formula is C14H19N3O4. The first kappa shape index (κ1) is 15.2. The lowest BCUT2D eigenvalue weighted by molar-refractivity contribution is -0.128. The van der Waals surface area contributed by atoms with Gasteiger partial charge in [0.05, 0.1) is 24.9 Å². The van der Waals surface area contributed by atoms with E-state index in [0.29, 0.717) is 35.8 Å². The molecule has 2 N–H and O–H groups in total. The van der Waals surface area contributed by atoms with E-state index >= 15 is 0 Å². The Hall–Kier alpha value is -2.15. The number of fused-ring (bicyclic) bond motifs is 1. The van der Waals surface area contributed by atoms with Crippen LogP contribution in [-0.4, -0.2) is 46.6 Å². The molecule has 0 bridgehead atoms. The molecular weight excluding hydrogens is 274 g/mol. The number of hydrogen-bond donors (Lipinski definition) is 2. The van der Waals surface area contributed by atoms with Crippen molar-refractivity contribution in [1.29, 1.82) is 0 Å². The van der Waals surface area contributed by atoms with Crippen LogP contribution >= 0.6 is 0 Å². The molecule has 1 aromatic heterocycles. The number of pyridine rings is 1. The molecule has 1 aliphatic heterocycles. The van der Waals surface area contributed by atoms with E-state index in [0.717, 1.165) is 0 Å². The van der Waals surface area contributed by atoms with Gasteiger partial charge in [0, 0.05) is 18.7 Å². The van der Waals surface area contributed by atoms with Crippen molar-refractivity contribution in [3.05, 3.63) is 22.9 Å². The fraction of sp³-hybridized carbons (Fsp3) is 0.500. The van der Waals surface area contributed by atoms with Crippen LogP contribution in [0.25, 0.3) is 0 Å². The van der Waals surface area contributed by atoms with Crippen LogP contribution in [-0.2, 0) is 17.9 Å². The number of aromatic nitrogens is 1. The van der Waals surface area contributed by atoms with Crippen molar-refractivity contribution in [3.63, 3.8) is 0 Å². The Labute approximate surface area is 122 Å². The second kappa shape index (κ2) is 6.09. The van der Waals surface area contributed by atoms with E-state index in [-0.39, 0.29) is 12.5 Å². The summed E-state index contributed by atoms with van der Waals surface area (Å²) in [5.41, 5.74) is 1.83. The lowest BCUT2D eigenvalue weighted by Crippen LogP contribution is -2.32. The van der Waals surface area contributed by atoms with Crippen LogP contribution in [0.1, 0.15) is 35.5 Å².